The van der Waals surface area contributed by atoms with Crippen LogP contribution < -0.4 is 40.9 Å². The molecule has 0 aliphatic carbocycles. The number of imide groups is 1. The minimum absolute atomic E-state index is 0.0410. The van der Waals surface area contributed by atoms with E-state index >= 15 is 0 Å². The quantitative estimate of drug-likeness (QED) is 0.0403. The maximum absolute atomic E-state index is 14.0. The number of aromatic amines is 1. The second kappa shape index (κ2) is 23.4. The van der Waals surface area contributed by atoms with Crippen molar-refractivity contribution in [3.8, 4) is 23.0 Å². The number of pyridine rings is 1. The number of aliphatic hydroxyl groups is 1. The molecule has 4 aliphatic heterocycles. The molecule has 0 spiro atoms. The molecule has 3 aromatic carbocycles. The largest absolute Gasteiger partial charge is 0.547 e. The van der Waals surface area contributed by atoms with Crippen molar-refractivity contribution >= 4 is 67.8 Å². The van der Waals surface area contributed by atoms with Crippen LogP contribution in [0.15, 0.2) is 77.7 Å². The zero-order chi connectivity index (χ0) is 56.1. The molecule has 4 aliphatic rings. The summed E-state index contributed by atoms with van der Waals surface area (Å²) >= 11 is 0. The number of phenolic OH excluding ortho intramolecular Hbond substituents is 1. The second-order valence-corrected chi connectivity index (χ2v) is 18.3. The van der Waals surface area contributed by atoms with Crippen LogP contribution in [0.4, 0.5) is 9.59 Å². The van der Waals surface area contributed by atoms with E-state index in [0.29, 0.717) is 16.0 Å². The number of carboxylic acid groups (broad SMARTS) is 2. The summed E-state index contributed by atoms with van der Waals surface area (Å²) in [6.07, 6.45) is -1.39. The number of ether oxygens (including phenoxy) is 1. The standard InChI is InChI=1S/C48H51B2N9O19/c1-2-56-13-15-58(43(66)41(56)64)47(72)52-30(39(62)53-33-21-25-5-3-7-28(45(68)69)37(25)77-49(33)74)19-24-9-11-32(31(60)20-24)76-18-17-57-14-16-59(44(67)42(57)65)48(73)55-36(27-10-12-35(61)51-23-27)40(63)54-34-22-26-6-4-8-29(46(70)71)38(26)78-50(34)75/h3-12,20,23,30,33-34,36,44,60,67,74-75H,2,13-19,21-22H2,1H3,(H,51,61)(H,52,72)(H,53,62)(H,54,63)(H,55,73)(H,68,69)(H,70,71)/t30-,33+,34+,36?,44?/m1/s1. The number of fused-ring (bicyclic) bond motifs is 2. The molecular weight excluding hydrogens is 1030 g/mol. The summed E-state index contributed by atoms with van der Waals surface area (Å²) in [5, 5.41) is 72.9. The van der Waals surface area contributed by atoms with Crippen molar-refractivity contribution in [3.63, 3.8) is 0 Å². The van der Waals surface area contributed by atoms with Gasteiger partial charge in [0.1, 0.15) is 30.2 Å². The number of likely N-dealkylation sites (N-methyl/N-ethyl adjacent to an activating group) is 1. The van der Waals surface area contributed by atoms with Crippen LogP contribution >= 0.6 is 0 Å². The first-order valence-corrected chi connectivity index (χ1v) is 24.3. The van der Waals surface area contributed by atoms with Gasteiger partial charge in [-0.3, -0.25) is 38.6 Å². The van der Waals surface area contributed by atoms with Crippen LogP contribution in [0.1, 0.15) is 55.9 Å². The molecule has 1 aromatic heterocycles. The van der Waals surface area contributed by atoms with Crippen molar-refractivity contribution in [2.45, 2.75) is 56.4 Å². The Bertz CT molecular complexity index is 3110. The summed E-state index contributed by atoms with van der Waals surface area (Å²) < 4.78 is 16.7. The zero-order valence-corrected chi connectivity index (χ0v) is 41.3. The van der Waals surface area contributed by atoms with Gasteiger partial charge in [0, 0.05) is 57.0 Å². The number of carboxylic acids is 2. The number of H-pyrrole nitrogens is 1. The predicted molar refractivity (Wildman–Crippen MR) is 266 cm³/mol. The molecule has 8 rings (SSSR count). The van der Waals surface area contributed by atoms with Gasteiger partial charge in [0.15, 0.2) is 11.5 Å². The van der Waals surface area contributed by atoms with Crippen LogP contribution in [0.25, 0.3) is 0 Å². The fourth-order valence-electron chi connectivity index (χ4n) is 9.20. The van der Waals surface area contributed by atoms with Gasteiger partial charge in [0.25, 0.3) is 5.91 Å². The van der Waals surface area contributed by atoms with Gasteiger partial charge in [-0.15, -0.1) is 0 Å². The average molecular weight is 1080 g/mol. The van der Waals surface area contributed by atoms with Crippen molar-refractivity contribution in [2.75, 3.05) is 45.9 Å². The van der Waals surface area contributed by atoms with Gasteiger partial charge in [-0.25, -0.2) is 19.2 Å². The number of aliphatic hydroxyl groups excluding tert-OH is 1. The van der Waals surface area contributed by atoms with Gasteiger partial charge in [-0.1, -0.05) is 30.3 Å². The number of carbonyl (C=O) groups excluding carboxylic acids is 7. The van der Waals surface area contributed by atoms with Gasteiger partial charge in [-0.05, 0) is 66.8 Å². The molecule has 4 aromatic rings. The first-order chi connectivity index (χ1) is 37.2. The minimum Gasteiger partial charge on any atom is -0.534 e. The molecule has 0 radical (unpaired) electrons. The molecule has 28 nitrogen and oxygen atoms in total. The smallest absolute Gasteiger partial charge is 0.534 e. The molecule has 0 bridgehead atoms. The number of hydrogen-bond acceptors (Lipinski definition) is 17. The molecule has 0 saturated carbocycles. The fraction of sp³-hybridized carbons (Fsp3) is 0.333. The number of rotatable bonds is 16. The van der Waals surface area contributed by atoms with Gasteiger partial charge in [0.2, 0.25) is 23.6 Å². The molecular formula is C48H51B2N9O19. The highest BCUT2D eigenvalue weighted by Gasteiger charge is 2.43. The van der Waals surface area contributed by atoms with E-state index < -0.39 is 109 Å². The van der Waals surface area contributed by atoms with Crippen molar-refractivity contribution in [1.29, 1.82) is 0 Å². The summed E-state index contributed by atoms with van der Waals surface area (Å²) in [6.45, 7) is 0.917. The number of amides is 9. The Morgan fingerprint density at radius 2 is 1.37 bits per heavy atom. The first-order valence-electron chi connectivity index (χ1n) is 24.3. The third-order valence-corrected chi connectivity index (χ3v) is 13.4. The highest BCUT2D eigenvalue weighted by Crippen LogP contribution is 2.32. The predicted octanol–water partition coefficient (Wildman–Crippen LogP) is -2.64. The molecule has 2 unspecified atom stereocenters. The van der Waals surface area contributed by atoms with E-state index in [1.165, 1.54) is 58.3 Å². The lowest BCUT2D eigenvalue weighted by molar-refractivity contribution is -0.154. The van der Waals surface area contributed by atoms with Gasteiger partial charge in [-0.2, -0.15) is 0 Å². The Balaban J connectivity index is 0.884. The molecule has 408 valence electrons. The van der Waals surface area contributed by atoms with Crippen LogP contribution in [0.2, 0.25) is 0 Å². The number of aromatic carboxylic acids is 2. The van der Waals surface area contributed by atoms with Crippen LogP contribution in [0.3, 0.4) is 0 Å². The lowest BCUT2D eigenvalue weighted by Crippen LogP contribution is -2.62. The number of aromatic hydroxyl groups is 1. The number of carbonyl (C=O) groups is 9. The van der Waals surface area contributed by atoms with E-state index in [0.717, 1.165) is 17.2 Å². The van der Waals surface area contributed by atoms with Crippen molar-refractivity contribution in [3.05, 3.63) is 117 Å². The maximum Gasteiger partial charge on any atom is 0.547 e. The maximum atomic E-state index is 14.0. The van der Waals surface area contributed by atoms with E-state index in [1.807, 2.05) is 0 Å². The summed E-state index contributed by atoms with van der Waals surface area (Å²) in [6, 6.07) is 9.68. The topological polar surface area (TPSA) is 397 Å². The van der Waals surface area contributed by atoms with E-state index in [-0.39, 0.29) is 105 Å². The Morgan fingerprint density at radius 3 is 1.95 bits per heavy atom. The van der Waals surface area contributed by atoms with Crippen molar-refractivity contribution in [2.24, 2.45) is 0 Å². The molecule has 9 amide bonds. The highest BCUT2D eigenvalue weighted by atomic mass is 16.5. The first kappa shape index (κ1) is 55.1. The van der Waals surface area contributed by atoms with E-state index in [9.17, 15) is 78.4 Å². The molecule has 78 heavy (non-hydrogen) atoms. The number of nitrogens with zero attached hydrogens (tertiary/aromatic N) is 4. The molecule has 30 heteroatoms. The zero-order valence-electron chi connectivity index (χ0n) is 41.3. The van der Waals surface area contributed by atoms with Gasteiger partial charge in [0.05, 0.1) is 29.6 Å². The van der Waals surface area contributed by atoms with E-state index in [1.54, 1.807) is 19.1 Å². The third-order valence-electron chi connectivity index (χ3n) is 13.4. The molecule has 5 heterocycles. The number of nitrogens with one attached hydrogen (secondary N) is 5. The Hall–Kier alpha value is -9.15. The number of benzene rings is 3. The van der Waals surface area contributed by atoms with Crippen LogP contribution in [-0.4, -0.2) is 193 Å². The van der Waals surface area contributed by atoms with Crippen LogP contribution in [0, 0.1) is 0 Å². The Morgan fingerprint density at radius 1 is 0.756 bits per heavy atom. The number of aromatic nitrogens is 1. The Labute approximate surface area is 442 Å². The van der Waals surface area contributed by atoms with E-state index in [2.05, 4.69) is 26.3 Å². The number of hydrogen-bond donors (Lipinski definition) is 11. The summed E-state index contributed by atoms with van der Waals surface area (Å²) in [4.78, 5) is 136. The van der Waals surface area contributed by atoms with Crippen LogP contribution in [0.5, 0.6) is 23.0 Å². The molecule has 2 saturated heterocycles. The monoisotopic (exact) mass is 1080 g/mol. The van der Waals surface area contributed by atoms with E-state index in [4.69, 9.17) is 14.0 Å². The Kier molecular flexibility index (Phi) is 16.5. The minimum atomic E-state index is -2.06. The lowest BCUT2D eigenvalue weighted by Gasteiger charge is -2.38. The fourth-order valence-corrected chi connectivity index (χ4v) is 9.20. The normalized spacial score (nSPS) is 18.8. The number of piperazine rings is 2. The molecule has 5 atom stereocenters. The van der Waals surface area contributed by atoms with Crippen molar-refractivity contribution in [1.82, 2.24) is 45.9 Å². The second-order valence-electron chi connectivity index (χ2n) is 18.3. The van der Waals surface area contributed by atoms with Gasteiger partial charge < -0.3 is 80.6 Å². The molecule has 11 N–H and O–H groups in total. The number of phenols is 1. The average Bonchev–Trinajstić information content (AvgIpc) is 3.41. The summed E-state index contributed by atoms with van der Waals surface area (Å²) in [5.74, 6) is -10.4. The van der Waals surface area contributed by atoms with Crippen molar-refractivity contribution < 1.29 is 87.7 Å². The lowest BCUT2D eigenvalue weighted by atomic mass is 9.72. The van der Waals surface area contributed by atoms with Gasteiger partial charge >= 0.3 is 50.1 Å². The SMILES string of the molecule is CCN1CCN(C(=O)N[C@H](Cc2ccc(OCCN3CCN(C(=O)NC(C(=O)N[C@H]4Cc5cccc(C(=O)O)c5OB4O)c4ccc(=O)[nH]c4)C(O)C3=O)c(O)c2)C(=O)N[C@H]2Cc3cccc(C(=O)O)c3OB2O)C(=O)C1=O. The third kappa shape index (κ3) is 11.9. The summed E-state index contributed by atoms with van der Waals surface area (Å²) in [7, 11) is -3.44. The summed E-state index contributed by atoms with van der Waals surface area (Å²) in [5.41, 5.74) is 0.0807. The van der Waals surface area contributed by atoms with Crippen LogP contribution in [-0.2, 0) is 43.2 Å². The highest BCUT2D eigenvalue weighted by molar-refractivity contribution is 6.47. The molecule has 2 fully saturated rings. The number of para-hydroxylation sites is 2. The number of urea groups is 2.